The van der Waals surface area contributed by atoms with Gasteiger partial charge in [-0.3, -0.25) is 0 Å². The molecule has 0 atom stereocenters. The lowest BCUT2D eigenvalue weighted by Gasteiger charge is -1.90. The van der Waals surface area contributed by atoms with Crippen LogP contribution in [0.4, 0.5) is 0 Å². The standard InChI is InChI=1S/C6H11NO2/c1-3-7-5-4-6(8)9-2/h4-5,7H,3H2,1-2H3/b5-4+. The van der Waals surface area contributed by atoms with Crippen LogP contribution in [0.25, 0.3) is 0 Å². The molecule has 0 bridgehead atoms. The Morgan fingerprint density at radius 3 is 2.89 bits per heavy atom. The van der Waals surface area contributed by atoms with Gasteiger partial charge in [0.1, 0.15) is 0 Å². The third-order valence-electron chi connectivity index (χ3n) is 0.743. The Balaban J connectivity index is 3.32. The molecule has 3 heteroatoms. The minimum Gasteiger partial charge on any atom is -0.466 e. The molecule has 0 saturated heterocycles. The van der Waals surface area contributed by atoms with Gasteiger partial charge in [-0.1, -0.05) is 0 Å². The minimum atomic E-state index is -0.337. The van der Waals surface area contributed by atoms with Gasteiger partial charge < -0.3 is 10.1 Å². The number of carbonyl (C=O) groups is 1. The van der Waals surface area contributed by atoms with Crippen LogP contribution in [0.5, 0.6) is 0 Å². The summed E-state index contributed by atoms with van der Waals surface area (Å²) >= 11 is 0. The Bertz CT molecular complexity index is 110. The van der Waals surface area contributed by atoms with Gasteiger partial charge in [0, 0.05) is 18.8 Å². The number of methoxy groups -OCH3 is 1. The molecule has 0 aromatic carbocycles. The molecule has 0 aliphatic rings. The number of nitrogens with one attached hydrogen (secondary N) is 1. The molecule has 0 aromatic heterocycles. The zero-order valence-corrected chi connectivity index (χ0v) is 5.68. The summed E-state index contributed by atoms with van der Waals surface area (Å²) in [6, 6.07) is 0. The predicted octanol–water partition coefficient (Wildman–Crippen LogP) is 0.283. The normalized spacial score (nSPS) is 9.56. The fraction of sp³-hybridized carbons (Fsp3) is 0.500. The first-order valence-corrected chi connectivity index (χ1v) is 2.79. The van der Waals surface area contributed by atoms with Gasteiger partial charge in [-0.15, -0.1) is 0 Å². The maximum atomic E-state index is 10.3. The summed E-state index contributed by atoms with van der Waals surface area (Å²) in [6.07, 6.45) is 2.90. The summed E-state index contributed by atoms with van der Waals surface area (Å²) in [5.74, 6) is -0.337. The fourth-order valence-corrected chi connectivity index (χ4v) is 0.313. The topological polar surface area (TPSA) is 38.3 Å². The molecule has 9 heavy (non-hydrogen) atoms. The molecular formula is C6H11NO2. The highest BCUT2D eigenvalue weighted by Crippen LogP contribution is 1.73. The molecule has 0 saturated carbocycles. The Morgan fingerprint density at radius 1 is 1.78 bits per heavy atom. The average Bonchev–Trinajstić information content (AvgIpc) is 1.89. The predicted molar refractivity (Wildman–Crippen MR) is 34.8 cm³/mol. The van der Waals surface area contributed by atoms with Crippen LogP contribution in [0.3, 0.4) is 0 Å². The van der Waals surface area contributed by atoms with Crippen molar-refractivity contribution >= 4 is 5.97 Å². The largest absolute Gasteiger partial charge is 0.466 e. The SMILES string of the molecule is CCN/C=C/C(=O)OC. The maximum Gasteiger partial charge on any atom is 0.331 e. The lowest BCUT2D eigenvalue weighted by molar-refractivity contribution is -0.134. The molecule has 0 unspecified atom stereocenters. The number of carbonyl (C=O) groups excluding carboxylic acids is 1. The van der Waals surface area contributed by atoms with E-state index in [2.05, 4.69) is 10.1 Å². The first-order valence-electron chi connectivity index (χ1n) is 2.79. The summed E-state index contributed by atoms with van der Waals surface area (Å²) in [7, 11) is 1.35. The van der Waals surface area contributed by atoms with Crippen molar-refractivity contribution in [2.45, 2.75) is 6.92 Å². The number of rotatable bonds is 3. The first-order chi connectivity index (χ1) is 4.31. The van der Waals surface area contributed by atoms with Crippen molar-refractivity contribution < 1.29 is 9.53 Å². The summed E-state index contributed by atoms with van der Waals surface area (Å²) in [6.45, 7) is 2.76. The van der Waals surface area contributed by atoms with E-state index in [9.17, 15) is 4.79 Å². The number of ether oxygens (including phenoxy) is 1. The van der Waals surface area contributed by atoms with E-state index in [4.69, 9.17) is 0 Å². The second-order valence-corrected chi connectivity index (χ2v) is 1.41. The Labute approximate surface area is 54.7 Å². The second kappa shape index (κ2) is 5.15. The van der Waals surface area contributed by atoms with Crippen LogP contribution in [0.2, 0.25) is 0 Å². The third-order valence-corrected chi connectivity index (χ3v) is 0.743. The minimum absolute atomic E-state index is 0.337. The van der Waals surface area contributed by atoms with Crippen molar-refractivity contribution in [3.8, 4) is 0 Å². The van der Waals surface area contributed by atoms with E-state index in [0.29, 0.717) is 0 Å². The molecule has 3 nitrogen and oxygen atoms in total. The van der Waals surface area contributed by atoms with Gasteiger partial charge >= 0.3 is 5.97 Å². The van der Waals surface area contributed by atoms with Gasteiger partial charge in [0.15, 0.2) is 0 Å². The molecule has 0 aliphatic heterocycles. The van der Waals surface area contributed by atoms with Gasteiger partial charge in [-0.2, -0.15) is 0 Å². The third kappa shape index (κ3) is 4.87. The molecule has 1 N–H and O–H groups in total. The molecule has 0 radical (unpaired) electrons. The highest BCUT2D eigenvalue weighted by Gasteiger charge is 1.86. The Hall–Kier alpha value is -0.990. The fourth-order valence-electron chi connectivity index (χ4n) is 0.313. The van der Waals surface area contributed by atoms with Crippen molar-refractivity contribution in [2.24, 2.45) is 0 Å². The van der Waals surface area contributed by atoms with Crippen LogP contribution >= 0.6 is 0 Å². The molecule has 0 amide bonds. The van der Waals surface area contributed by atoms with E-state index in [-0.39, 0.29) is 5.97 Å². The van der Waals surface area contributed by atoms with Crippen LogP contribution in [0.15, 0.2) is 12.3 Å². The van der Waals surface area contributed by atoms with Crippen molar-refractivity contribution in [3.63, 3.8) is 0 Å². The van der Waals surface area contributed by atoms with Crippen LogP contribution in [0.1, 0.15) is 6.92 Å². The zero-order chi connectivity index (χ0) is 7.11. The molecular weight excluding hydrogens is 118 g/mol. The number of hydrogen-bond acceptors (Lipinski definition) is 3. The average molecular weight is 129 g/mol. The van der Waals surface area contributed by atoms with Crippen molar-refractivity contribution in [3.05, 3.63) is 12.3 Å². The highest BCUT2D eigenvalue weighted by atomic mass is 16.5. The van der Waals surface area contributed by atoms with E-state index in [0.717, 1.165) is 6.54 Å². The van der Waals surface area contributed by atoms with Crippen molar-refractivity contribution in [1.82, 2.24) is 5.32 Å². The molecule has 0 spiro atoms. The van der Waals surface area contributed by atoms with Crippen LogP contribution in [-0.4, -0.2) is 19.6 Å². The monoisotopic (exact) mass is 129 g/mol. The Morgan fingerprint density at radius 2 is 2.44 bits per heavy atom. The van der Waals surface area contributed by atoms with E-state index < -0.39 is 0 Å². The van der Waals surface area contributed by atoms with Crippen molar-refractivity contribution in [2.75, 3.05) is 13.7 Å². The van der Waals surface area contributed by atoms with Gasteiger partial charge in [0.2, 0.25) is 0 Å². The van der Waals surface area contributed by atoms with Gasteiger partial charge in [-0.05, 0) is 6.92 Å². The quantitative estimate of drug-likeness (QED) is 0.439. The highest BCUT2D eigenvalue weighted by molar-refractivity contribution is 5.81. The van der Waals surface area contributed by atoms with Crippen LogP contribution in [0, 0.1) is 0 Å². The molecule has 0 aliphatic carbocycles. The lowest BCUT2D eigenvalue weighted by atomic mass is 10.6. The first kappa shape index (κ1) is 8.01. The maximum absolute atomic E-state index is 10.3. The van der Waals surface area contributed by atoms with Gasteiger partial charge in [-0.25, -0.2) is 4.79 Å². The molecule has 0 fully saturated rings. The molecule has 0 heterocycles. The summed E-state index contributed by atoms with van der Waals surface area (Å²) in [4.78, 5) is 10.3. The summed E-state index contributed by atoms with van der Waals surface area (Å²) < 4.78 is 4.33. The van der Waals surface area contributed by atoms with E-state index in [1.807, 2.05) is 6.92 Å². The molecule has 52 valence electrons. The number of hydrogen-bond donors (Lipinski definition) is 1. The van der Waals surface area contributed by atoms with E-state index in [1.165, 1.54) is 13.2 Å². The van der Waals surface area contributed by atoms with Crippen LogP contribution in [-0.2, 0) is 9.53 Å². The summed E-state index contributed by atoms with van der Waals surface area (Å²) in [5.41, 5.74) is 0. The Kier molecular flexibility index (Phi) is 4.59. The van der Waals surface area contributed by atoms with Crippen molar-refractivity contribution in [1.29, 1.82) is 0 Å². The smallest absolute Gasteiger partial charge is 0.331 e. The molecule has 0 aromatic rings. The van der Waals surface area contributed by atoms with E-state index in [1.54, 1.807) is 6.20 Å². The van der Waals surface area contributed by atoms with Gasteiger partial charge in [0.05, 0.1) is 7.11 Å². The lowest BCUT2D eigenvalue weighted by Crippen LogP contribution is -2.04. The van der Waals surface area contributed by atoms with Gasteiger partial charge in [0.25, 0.3) is 0 Å². The number of esters is 1. The van der Waals surface area contributed by atoms with E-state index >= 15 is 0 Å². The molecule has 0 rings (SSSR count). The van der Waals surface area contributed by atoms with Crippen LogP contribution < -0.4 is 5.32 Å². The second-order valence-electron chi connectivity index (χ2n) is 1.41. The zero-order valence-electron chi connectivity index (χ0n) is 5.68. The summed E-state index contributed by atoms with van der Waals surface area (Å²) in [5, 5.41) is 2.83.